The predicted octanol–water partition coefficient (Wildman–Crippen LogP) is 3.54. The van der Waals surface area contributed by atoms with Crippen LogP contribution in [0.3, 0.4) is 0 Å². The summed E-state index contributed by atoms with van der Waals surface area (Å²) in [5.41, 5.74) is 1.35. The molecule has 0 saturated heterocycles. The van der Waals surface area contributed by atoms with Crippen molar-refractivity contribution in [2.75, 3.05) is 7.11 Å². The van der Waals surface area contributed by atoms with Crippen LogP contribution in [-0.4, -0.2) is 13.2 Å². The van der Waals surface area contributed by atoms with E-state index in [9.17, 15) is 0 Å². The molecule has 1 fully saturated rings. The molecule has 0 aromatic heterocycles. The van der Waals surface area contributed by atoms with Crippen LogP contribution >= 0.6 is 0 Å². The fraction of sp³-hybridized carbons (Fsp3) is 0.529. The SMILES string of the molecule is C#CCC(CC)NC(c1ccc(OC)cc1)C1CC1. The first-order valence-corrected chi connectivity index (χ1v) is 7.12. The Hall–Kier alpha value is -1.46. The number of terminal acetylenes is 1. The molecule has 0 heterocycles. The molecule has 0 spiro atoms. The van der Waals surface area contributed by atoms with Crippen molar-refractivity contribution < 1.29 is 4.74 Å². The number of hydrogen-bond acceptors (Lipinski definition) is 2. The van der Waals surface area contributed by atoms with Crippen LogP contribution in [0.4, 0.5) is 0 Å². The summed E-state index contributed by atoms with van der Waals surface area (Å²) in [6.07, 6.45) is 9.95. The van der Waals surface area contributed by atoms with E-state index in [2.05, 4.69) is 30.3 Å². The lowest BCUT2D eigenvalue weighted by Gasteiger charge is -2.24. The van der Waals surface area contributed by atoms with Crippen LogP contribution in [0.5, 0.6) is 5.75 Å². The van der Waals surface area contributed by atoms with Gasteiger partial charge in [-0.25, -0.2) is 0 Å². The van der Waals surface area contributed by atoms with Gasteiger partial charge in [-0.3, -0.25) is 0 Å². The maximum absolute atomic E-state index is 5.44. The Morgan fingerprint density at radius 3 is 2.53 bits per heavy atom. The molecule has 2 atom stereocenters. The lowest BCUT2D eigenvalue weighted by molar-refractivity contribution is 0.395. The summed E-state index contributed by atoms with van der Waals surface area (Å²) >= 11 is 0. The highest BCUT2D eigenvalue weighted by atomic mass is 16.5. The summed E-state index contributed by atoms with van der Waals surface area (Å²) in [6, 6.07) is 9.25. The lowest BCUT2D eigenvalue weighted by Crippen LogP contribution is -2.33. The third kappa shape index (κ3) is 3.75. The van der Waals surface area contributed by atoms with Crippen LogP contribution in [0.2, 0.25) is 0 Å². The quantitative estimate of drug-likeness (QED) is 0.754. The molecule has 0 bridgehead atoms. The number of benzene rings is 1. The molecule has 1 aromatic carbocycles. The van der Waals surface area contributed by atoms with E-state index >= 15 is 0 Å². The minimum absolute atomic E-state index is 0.415. The van der Waals surface area contributed by atoms with Gasteiger partial charge in [0.25, 0.3) is 0 Å². The van der Waals surface area contributed by atoms with Crippen LogP contribution in [0.1, 0.15) is 44.2 Å². The average molecular weight is 257 g/mol. The van der Waals surface area contributed by atoms with Gasteiger partial charge in [0.15, 0.2) is 0 Å². The van der Waals surface area contributed by atoms with Crippen molar-refractivity contribution in [1.29, 1.82) is 0 Å². The van der Waals surface area contributed by atoms with Gasteiger partial charge in [-0.05, 0) is 42.9 Å². The van der Waals surface area contributed by atoms with E-state index in [1.54, 1.807) is 7.11 Å². The van der Waals surface area contributed by atoms with Gasteiger partial charge >= 0.3 is 0 Å². The van der Waals surface area contributed by atoms with Crippen molar-refractivity contribution in [2.24, 2.45) is 5.92 Å². The van der Waals surface area contributed by atoms with Gasteiger partial charge in [0.1, 0.15) is 5.75 Å². The Balaban J connectivity index is 2.08. The van der Waals surface area contributed by atoms with Crippen molar-refractivity contribution >= 4 is 0 Å². The minimum atomic E-state index is 0.415. The van der Waals surface area contributed by atoms with Gasteiger partial charge in [0, 0.05) is 18.5 Å². The minimum Gasteiger partial charge on any atom is -0.497 e. The number of rotatable bonds is 7. The van der Waals surface area contributed by atoms with Gasteiger partial charge in [0.2, 0.25) is 0 Å². The Morgan fingerprint density at radius 1 is 1.37 bits per heavy atom. The van der Waals surface area contributed by atoms with Crippen LogP contribution < -0.4 is 10.1 Å². The van der Waals surface area contributed by atoms with Gasteiger partial charge < -0.3 is 10.1 Å². The van der Waals surface area contributed by atoms with Crippen molar-refractivity contribution in [1.82, 2.24) is 5.32 Å². The predicted molar refractivity (Wildman–Crippen MR) is 79.1 cm³/mol. The molecule has 1 aliphatic rings. The first-order chi connectivity index (χ1) is 9.28. The Labute approximate surface area is 116 Å². The van der Waals surface area contributed by atoms with Gasteiger partial charge in [-0.1, -0.05) is 19.1 Å². The molecule has 0 amide bonds. The normalized spacial score (nSPS) is 17.5. The molecule has 1 aliphatic carbocycles. The number of methoxy groups -OCH3 is 1. The molecule has 1 aromatic rings. The molecule has 0 radical (unpaired) electrons. The topological polar surface area (TPSA) is 21.3 Å². The van der Waals surface area contributed by atoms with Crippen LogP contribution in [-0.2, 0) is 0 Å². The number of nitrogens with one attached hydrogen (secondary N) is 1. The van der Waals surface area contributed by atoms with E-state index in [1.807, 2.05) is 12.1 Å². The lowest BCUT2D eigenvalue weighted by atomic mass is 10.00. The zero-order chi connectivity index (χ0) is 13.7. The molecule has 2 rings (SSSR count). The fourth-order valence-electron chi connectivity index (χ4n) is 2.46. The highest BCUT2D eigenvalue weighted by molar-refractivity contribution is 5.30. The summed E-state index contributed by atoms with van der Waals surface area (Å²) in [6.45, 7) is 2.19. The Morgan fingerprint density at radius 2 is 2.05 bits per heavy atom. The zero-order valence-electron chi connectivity index (χ0n) is 11.9. The zero-order valence-corrected chi connectivity index (χ0v) is 11.9. The molecule has 102 valence electrons. The van der Waals surface area contributed by atoms with Crippen LogP contribution in [0.15, 0.2) is 24.3 Å². The second-order valence-corrected chi connectivity index (χ2v) is 5.27. The summed E-state index contributed by atoms with van der Waals surface area (Å²) in [7, 11) is 1.70. The standard InChI is InChI=1S/C17H23NO/c1-4-6-15(5-2)18-17(13-7-8-13)14-9-11-16(19-3)12-10-14/h1,9-13,15,17-18H,5-8H2,2-3H3. The molecule has 2 heteroatoms. The summed E-state index contributed by atoms with van der Waals surface area (Å²) in [5.74, 6) is 4.45. The average Bonchev–Trinajstić information content (AvgIpc) is 3.28. The van der Waals surface area contributed by atoms with E-state index in [4.69, 9.17) is 11.2 Å². The highest BCUT2D eigenvalue weighted by Gasteiger charge is 2.33. The summed E-state index contributed by atoms with van der Waals surface area (Å²) in [5, 5.41) is 3.74. The number of ether oxygens (including phenoxy) is 1. The first kappa shape index (κ1) is 14.0. The third-order valence-corrected chi connectivity index (χ3v) is 3.84. The smallest absolute Gasteiger partial charge is 0.118 e. The Kier molecular flexibility index (Phi) is 4.87. The number of hydrogen-bond donors (Lipinski definition) is 1. The van der Waals surface area contributed by atoms with Crippen molar-refractivity contribution in [3.8, 4) is 18.1 Å². The Bertz CT molecular complexity index is 428. The van der Waals surface area contributed by atoms with E-state index in [-0.39, 0.29) is 0 Å². The van der Waals surface area contributed by atoms with E-state index in [1.165, 1.54) is 18.4 Å². The van der Waals surface area contributed by atoms with Crippen molar-refractivity contribution in [2.45, 2.75) is 44.7 Å². The molecule has 19 heavy (non-hydrogen) atoms. The molecule has 2 nitrogen and oxygen atoms in total. The first-order valence-electron chi connectivity index (χ1n) is 7.12. The maximum atomic E-state index is 5.44. The summed E-state index contributed by atoms with van der Waals surface area (Å²) < 4.78 is 5.22. The third-order valence-electron chi connectivity index (χ3n) is 3.84. The molecule has 0 aliphatic heterocycles. The van der Waals surface area contributed by atoms with E-state index < -0.39 is 0 Å². The van der Waals surface area contributed by atoms with E-state index in [0.717, 1.165) is 24.5 Å². The van der Waals surface area contributed by atoms with Gasteiger partial charge in [-0.15, -0.1) is 12.3 Å². The van der Waals surface area contributed by atoms with Crippen molar-refractivity contribution in [3.63, 3.8) is 0 Å². The largest absolute Gasteiger partial charge is 0.497 e. The molecule has 1 N–H and O–H groups in total. The van der Waals surface area contributed by atoms with Gasteiger partial charge in [0.05, 0.1) is 7.11 Å². The molecule has 1 saturated carbocycles. The second-order valence-electron chi connectivity index (χ2n) is 5.27. The van der Waals surface area contributed by atoms with E-state index in [0.29, 0.717) is 12.1 Å². The fourth-order valence-corrected chi connectivity index (χ4v) is 2.46. The highest BCUT2D eigenvalue weighted by Crippen LogP contribution is 2.41. The van der Waals surface area contributed by atoms with Crippen LogP contribution in [0.25, 0.3) is 0 Å². The summed E-state index contributed by atoms with van der Waals surface area (Å²) in [4.78, 5) is 0. The molecular weight excluding hydrogens is 234 g/mol. The molecular formula is C17H23NO. The van der Waals surface area contributed by atoms with Crippen LogP contribution in [0, 0.1) is 18.3 Å². The monoisotopic (exact) mass is 257 g/mol. The maximum Gasteiger partial charge on any atom is 0.118 e. The van der Waals surface area contributed by atoms with Gasteiger partial charge in [-0.2, -0.15) is 0 Å². The second kappa shape index (κ2) is 6.63. The van der Waals surface area contributed by atoms with Crippen molar-refractivity contribution in [3.05, 3.63) is 29.8 Å². The molecule has 2 unspecified atom stereocenters.